The van der Waals surface area contributed by atoms with Gasteiger partial charge in [0.15, 0.2) is 11.6 Å². The first-order chi connectivity index (χ1) is 18.6. The van der Waals surface area contributed by atoms with Gasteiger partial charge < -0.3 is 4.90 Å². The summed E-state index contributed by atoms with van der Waals surface area (Å²) in [5.41, 5.74) is 2.51. The third-order valence-electron chi connectivity index (χ3n) is 8.58. The number of anilines is 1. The molecule has 0 atom stereocenters. The van der Waals surface area contributed by atoms with Crippen LogP contribution in [0, 0.1) is 18.2 Å². The van der Waals surface area contributed by atoms with Crippen LogP contribution in [0.2, 0.25) is 5.02 Å². The number of benzene rings is 1. The Labute approximate surface area is 227 Å². The Kier molecular flexibility index (Phi) is 5.70. The number of fused-ring (bicyclic) bond motifs is 3. The Morgan fingerprint density at radius 2 is 1.87 bits per heavy atom. The van der Waals surface area contributed by atoms with Gasteiger partial charge in [-0.3, -0.25) is 14.4 Å². The third-order valence-corrected chi connectivity index (χ3v) is 8.81. The molecule has 0 N–H and O–H groups in total. The summed E-state index contributed by atoms with van der Waals surface area (Å²) >= 11 is 6.36. The van der Waals surface area contributed by atoms with Crippen LogP contribution in [-0.2, 0) is 13.1 Å². The first-order valence-electron chi connectivity index (χ1n) is 13.1. The van der Waals surface area contributed by atoms with Gasteiger partial charge in [0.05, 0.1) is 30.7 Å². The molecule has 2 aromatic heterocycles. The number of halogens is 5. The van der Waals surface area contributed by atoms with Crippen LogP contribution < -0.4 is 4.90 Å². The van der Waals surface area contributed by atoms with Crippen molar-refractivity contribution in [1.29, 1.82) is 0 Å². The van der Waals surface area contributed by atoms with Crippen molar-refractivity contribution in [1.82, 2.24) is 34.5 Å². The minimum atomic E-state index is -4.19. The van der Waals surface area contributed by atoms with Crippen LogP contribution in [0.1, 0.15) is 41.7 Å². The summed E-state index contributed by atoms with van der Waals surface area (Å²) in [6, 6.07) is 5.79. The fourth-order valence-corrected chi connectivity index (χ4v) is 6.85. The van der Waals surface area contributed by atoms with Gasteiger partial charge in [-0.1, -0.05) is 11.6 Å². The van der Waals surface area contributed by atoms with Gasteiger partial charge >= 0.3 is 6.18 Å². The van der Waals surface area contributed by atoms with Crippen molar-refractivity contribution >= 4 is 17.5 Å². The summed E-state index contributed by atoms with van der Waals surface area (Å²) in [7, 11) is 0. The molecule has 13 heteroatoms. The molecule has 1 spiro atoms. The zero-order valence-corrected chi connectivity index (χ0v) is 22.1. The summed E-state index contributed by atoms with van der Waals surface area (Å²) in [5.74, 6) is 2.12. The van der Waals surface area contributed by atoms with Gasteiger partial charge in [-0.2, -0.15) is 13.2 Å². The molecule has 3 fully saturated rings. The molecule has 1 saturated carbocycles. The lowest BCUT2D eigenvalue weighted by molar-refractivity contribution is -0.161. The van der Waals surface area contributed by atoms with Gasteiger partial charge in [-0.15, -0.1) is 10.2 Å². The van der Waals surface area contributed by atoms with E-state index in [-0.39, 0.29) is 17.4 Å². The molecular formula is C26H27ClF4N8. The number of nitrogens with zero attached hydrogens (tertiary/aromatic N) is 8. The number of hydrogen-bond donors (Lipinski definition) is 0. The Balaban J connectivity index is 1.08. The Morgan fingerprint density at radius 1 is 1.10 bits per heavy atom. The van der Waals surface area contributed by atoms with Crippen molar-refractivity contribution < 1.29 is 17.6 Å². The molecule has 1 aromatic carbocycles. The quantitative estimate of drug-likeness (QED) is 0.444. The second-order valence-corrected chi connectivity index (χ2v) is 12.0. The van der Waals surface area contributed by atoms with Crippen LogP contribution in [0.5, 0.6) is 0 Å². The second kappa shape index (κ2) is 8.84. The molecule has 5 heterocycles. The Bertz CT molecular complexity index is 1420. The van der Waals surface area contributed by atoms with Crippen molar-refractivity contribution in [3.8, 4) is 5.69 Å². The maximum Gasteiger partial charge on any atom is 0.401 e. The number of likely N-dealkylation sites (tertiary alicyclic amines) is 1. The van der Waals surface area contributed by atoms with Crippen molar-refractivity contribution in [2.75, 3.05) is 37.6 Å². The standard InChI is InChI=1S/C26H27ClF4N8/c1-15-20(28)7-32-24(33-15)38-12-25(13-38)5-17(6-25)23-35-34-22-11-37(19-9-36(10-19)14-26(29,30)31)8-16-4-18(27)2-3-21(16)39(22)23/h2-4,7,17,19H,5-6,8-14H2,1H3. The molecule has 4 aliphatic rings. The first kappa shape index (κ1) is 25.2. The van der Waals surface area contributed by atoms with Gasteiger partial charge in [-0.25, -0.2) is 14.4 Å². The summed E-state index contributed by atoms with van der Waals surface area (Å²) < 4.78 is 54.2. The lowest BCUT2D eigenvalue weighted by atomic mass is 9.57. The monoisotopic (exact) mass is 562 g/mol. The summed E-state index contributed by atoms with van der Waals surface area (Å²) in [5, 5.41) is 9.80. The molecule has 8 nitrogen and oxygen atoms in total. The van der Waals surface area contributed by atoms with E-state index in [0.717, 1.165) is 48.8 Å². The van der Waals surface area contributed by atoms with Gasteiger partial charge in [-0.05, 0) is 43.5 Å². The average Bonchev–Trinajstić information content (AvgIpc) is 3.11. The largest absolute Gasteiger partial charge is 0.401 e. The number of hydrogen-bond acceptors (Lipinski definition) is 7. The van der Waals surface area contributed by atoms with Gasteiger partial charge in [0.2, 0.25) is 5.95 Å². The minimum Gasteiger partial charge on any atom is -0.340 e. The van der Waals surface area contributed by atoms with Crippen LogP contribution in [0.3, 0.4) is 0 Å². The van der Waals surface area contributed by atoms with E-state index in [1.165, 1.54) is 11.1 Å². The Hall–Kier alpha value is -2.83. The SMILES string of the molecule is Cc1nc(N2CC3(CC(c4nnc5n4-c4ccc(Cl)cc4CN(C4CN(CC(F)(F)F)C4)C5)C3)C2)ncc1F. The summed E-state index contributed by atoms with van der Waals surface area (Å²) in [6.07, 6.45) is -1.04. The molecule has 2 saturated heterocycles. The smallest absolute Gasteiger partial charge is 0.340 e. The number of aryl methyl sites for hydroxylation is 1. The third kappa shape index (κ3) is 4.46. The van der Waals surface area contributed by atoms with Gasteiger partial charge in [0.1, 0.15) is 5.82 Å². The molecule has 0 bridgehead atoms. The van der Waals surface area contributed by atoms with E-state index >= 15 is 0 Å². The second-order valence-electron chi connectivity index (χ2n) is 11.5. The van der Waals surface area contributed by atoms with E-state index < -0.39 is 18.5 Å². The van der Waals surface area contributed by atoms with Crippen molar-refractivity contribution in [3.05, 3.63) is 58.1 Å². The highest BCUT2D eigenvalue weighted by Gasteiger charge is 2.55. The summed E-state index contributed by atoms with van der Waals surface area (Å²) in [4.78, 5) is 14.1. The maximum absolute atomic E-state index is 13.6. The van der Waals surface area contributed by atoms with E-state index in [1.54, 1.807) is 6.92 Å². The molecule has 3 aromatic rings. The van der Waals surface area contributed by atoms with Crippen molar-refractivity contribution in [2.24, 2.45) is 5.41 Å². The van der Waals surface area contributed by atoms with E-state index in [9.17, 15) is 17.6 Å². The van der Waals surface area contributed by atoms with Crippen molar-refractivity contribution in [3.63, 3.8) is 0 Å². The van der Waals surface area contributed by atoms with Crippen LogP contribution in [0.15, 0.2) is 24.4 Å². The van der Waals surface area contributed by atoms with E-state index in [2.05, 4.69) is 34.5 Å². The molecule has 39 heavy (non-hydrogen) atoms. The predicted molar refractivity (Wildman–Crippen MR) is 135 cm³/mol. The zero-order valence-electron chi connectivity index (χ0n) is 21.3. The highest BCUT2D eigenvalue weighted by Crippen LogP contribution is 2.56. The topological polar surface area (TPSA) is 66.2 Å². The lowest BCUT2D eigenvalue weighted by Crippen LogP contribution is -2.62. The lowest BCUT2D eigenvalue weighted by Gasteiger charge is -2.58. The zero-order chi connectivity index (χ0) is 27.1. The first-order valence-corrected chi connectivity index (χ1v) is 13.4. The molecule has 1 aliphatic carbocycles. The van der Waals surface area contributed by atoms with Crippen molar-refractivity contribution in [2.45, 2.75) is 51.0 Å². The molecule has 0 amide bonds. The number of rotatable bonds is 4. The average molecular weight is 563 g/mol. The normalized spacial score (nSPS) is 21.6. The van der Waals surface area contributed by atoms with Crippen LogP contribution in [-0.4, -0.2) is 79.5 Å². The highest BCUT2D eigenvalue weighted by molar-refractivity contribution is 6.30. The van der Waals surface area contributed by atoms with Gasteiger partial charge in [0, 0.05) is 55.1 Å². The molecule has 0 unspecified atom stereocenters. The fourth-order valence-electron chi connectivity index (χ4n) is 6.65. The molecule has 0 radical (unpaired) electrons. The summed E-state index contributed by atoms with van der Waals surface area (Å²) in [6.45, 7) is 4.25. The van der Waals surface area contributed by atoms with Crippen LogP contribution >= 0.6 is 11.6 Å². The Morgan fingerprint density at radius 3 is 2.59 bits per heavy atom. The molecule has 7 rings (SSSR count). The van der Waals surface area contributed by atoms with Gasteiger partial charge in [0.25, 0.3) is 0 Å². The van der Waals surface area contributed by atoms with E-state index in [4.69, 9.17) is 11.6 Å². The predicted octanol–water partition coefficient (Wildman–Crippen LogP) is 4.10. The highest BCUT2D eigenvalue weighted by atomic mass is 35.5. The molecule has 206 valence electrons. The van der Waals surface area contributed by atoms with Crippen LogP contribution in [0.4, 0.5) is 23.5 Å². The fraction of sp³-hybridized carbons (Fsp3) is 0.538. The van der Waals surface area contributed by atoms with E-state index in [0.29, 0.717) is 42.8 Å². The van der Waals surface area contributed by atoms with Crippen LogP contribution in [0.25, 0.3) is 5.69 Å². The maximum atomic E-state index is 13.6. The molecule has 3 aliphatic heterocycles. The van der Waals surface area contributed by atoms with E-state index in [1.807, 2.05) is 18.2 Å². The number of alkyl halides is 3. The number of aromatic nitrogens is 5. The minimum absolute atomic E-state index is 0.0103. The molecular weight excluding hydrogens is 536 g/mol.